The Morgan fingerprint density at radius 3 is 2.66 bits per heavy atom. The highest BCUT2D eigenvalue weighted by Gasteiger charge is 2.56. The van der Waals surface area contributed by atoms with E-state index in [0.29, 0.717) is 0 Å². The van der Waals surface area contributed by atoms with E-state index >= 15 is 4.39 Å². The van der Waals surface area contributed by atoms with E-state index in [1.54, 1.807) is 0 Å². The molecule has 9 atom stereocenters. The zero-order valence-corrected chi connectivity index (χ0v) is 24.5. The molecule has 0 aromatic carbocycles. The van der Waals surface area contributed by atoms with Crippen LogP contribution in [-0.2, 0) is 27.7 Å². The second-order valence-corrected chi connectivity index (χ2v) is 13.2. The molecule has 2 unspecified atom stereocenters. The normalized spacial score (nSPS) is 31.1. The minimum atomic E-state index is -4.75. The number of hydrogen-bond acceptors (Lipinski definition) is 15. The van der Waals surface area contributed by atoms with Gasteiger partial charge >= 0.3 is 15.9 Å². The molecule has 2 aliphatic heterocycles. The summed E-state index contributed by atoms with van der Waals surface area (Å²) >= 11 is 0. The van der Waals surface area contributed by atoms with Crippen molar-refractivity contribution in [2.45, 2.75) is 55.4 Å². The van der Waals surface area contributed by atoms with Crippen molar-refractivity contribution in [3.05, 3.63) is 29.3 Å². The molecular formula is C21H27FN10O10P2. The molecule has 0 spiro atoms. The lowest BCUT2D eigenvalue weighted by Crippen LogP contribution is -2.40. The lowest BCUT2D eigenvalue weighted by molar-refractivity contribution is -0.0553. The number of imidazole rings is 2. The predicted octanol–water partition coefficient (Wildman–Crippen LogP) is -0.633. The van der Waals surface area contributed by atoms with Gasteiger partial charge in [-0.2, -0.15) is 4.98 Å². The Morgan fingerprint density at radius 1 is 1.18 bits per heavy atom. The fraction of sp³-hybridized carbons (Fsp3) is 0.524. The summed E-state index contributed by atoms with van der Waals surface area (Å²) in [5.74, 6) is -0.206. The molecule has 238 valence electrons. The number of aliphatic hydroxyl groups excluding tert-OH is 1. The van der Waals surface area contributed by atoms with Crippen molar-refractivity contribution in [2.75, 3.05) is 24.7 Å². The second-order valence-electron chi connectivity index (χ2n) is 10.4. The van der Waals surface area contributed by atoms with Crippen LogP contribution in [0.15, 0.2) is 23.8 Å². The first-order valence-corrected chi connectivity index (χ1v) is 15.8. The monoisotopic (exact) mass is 660 g/mol. The fourth-order valence-corrected chi connectivity index (χ4v) is 7.26. The Kier molecular flexibility index (Phi) is 7.80. The molecule has 0 amide bonds. The van der Waals surface area contributed by atoms with E-state index < -0.39 is 76.7 Å². The number of nitrogen functional groups attached to an aromatic ring is 2. The average Bonchev–Trinajstić information content (AvgIpc) is 3.72. The minimum absolute atomic E-state index is 0.0469. The Bertz CT molecular complexity index is 1850. The van der Waals surface area contributed by atoms with Gasteiger partial charge in [-0.25, -0.2) is 24.3 Å². The summed E-state index contributed by atoms with van der Waals surface area (Å²) in [5, 5.41) is 10.8. The number of hydrogen-bond donors (Lipinski definition) is 6. The Labute approximate surface area is 245 Å². The molecule has 4 aromatic heterocycles. The van der Waals surface area contributed by atoms with Crippen molar-refractivity contribution in [1.82, 2.24) is 39.0 Å². The van der Waals surface area contributed by atoms with Crippen LogP contribution in [0.2, 0.25) is 0 Å². The molecule has 0 saturated carbocycles. The number of alkyl halides is 1. The number of aliphatic hydroxyl groups is 1. The molecule has 0 bridgehead atoms. The summed E-state index contributed by atoms with van der Waals surface area (Å²) in [5.41, 5.74) is 7.13. The van der Waals surface area contributed by atoms with Gasteiger partial charge in [0.05, 0.1) is 32.0 Å². The number of nitrogens with one attached hydrogen (secondary N) is 1. The maximum Gasteiger partial charge on any atom is 0.335 e. The number of H-pyrrole nitrogens is 1. The Balaban J connectivity index is 1.25. The van der Waals surface area contributed by atoms with Crippen LogP contribution in [0.1, 0.15) is 25.8 Å². The summed E-state index contributed by atoms with van der Waals surface area (Å²) in [7, 11) is -8.10. The van der Waals surface area contributed by atoms with Crippen molar-refractivity contribution < 1.29 is 46.9 Å². The predicted molar refractivity (Wildman–Crippen MR) is 147 cm³/mol. The molecule has 44 heavy (non-hydrogen) atoms. The highest BCUT2D eigenvalue weighted by molar-refractivity contribution is 7.53. The molecule has 2 saturated heterocycles. The van der Waals surface area contributed by atoms with Crippen LogP contribution in [0, 0.1) is 0 Å². The molecule has 20 nitrogen and oxygen atoms in total. The van der Waals surface area contributed by atoms with Gasteiger partial charge in [0, 0.05) is 0 Å². The molecule has 23 heteroatoms. The number of aromatic amines is 1. The van der Waals surface area contributed by atoms with Crippen LogP contribution < -0.4 is 17.0 Å². The van der Waals surface area contributed by atoms with Gasteiger partial charge in [0.25, 0.3) is 5.56 Å². The van der Waals surface area contributed by atoms with E-state index in [1.807, 2.05) is 0 Å². The van der Waals surface area contributed by atoms with Crippen LogP contribution >= 0.6 is 15.9 Å². The van der Waals surface area contributed by atoms with Crippen molar-refractivity contribution in [3.8, 4) is 0 Å². The first-order chi connectivity index (χ1) is 20.8. The number of nitrogens with zero attached hydrogens (tertiary/aromatic N) is 7. The molecule has 0 aliphatic carbocycles. The summed E-state index contributed by atoms with van der Waals surface area (Å²) in [6.07, 6.45) is -3.72. The van der Waals surface area contributed by atoms with E-state index in [1.165, 1.54) is 15.5 Å². The van der Waals surface area contributed by atoms with Gasteiger partial charge in [-0.1, -0.05) is 0 Å². The van der Waals surface area contributed by atoms with Crippen LogP contribution in [0.3, 0.4) is 0 Å². The molecule has 6 rings (SSSR count). The first-order valence-electron chi connectivity index (χ1n) is 12.9. The van der Waals surface area contributed by atoms with E-state index in [2.05, 4.69) is 29.9 Å². The third-order valence-corrected chi connectivity index (χ3v) is 9.72. The molecule has 6 heterocycles. The van der Waals surface area contributed by atoms with Gasteiger partial charge in [0.15, 0.2) is 40.8 Å². The molecule has 8 N–H and O–H groups in total. The van der Waals surface area contributed by atoms with Crippen molar-refractivity contribution in [3.63, 3.8) is 0 Å². The number of aromatic nitrogens is 8. The lowest BCUT2D eigenvalue weighted by Gasteiger charge is -2.26. The number of anilines is 2. The number of ether oxygens (including phenoxy) is 2. The SMILES string of the molecule is C[C@]1(F)[C@H](O)[C@@H](COP(=O)(O)[C@@H]2C[C@@H](CO[PH](=O)O)O[C@H]2n2cnc3c(=O)[nH]c(N)nc32)O[C@H]1n1cnc2c(N)ncnc21. The van der Waals surface area contributed by atoms with Crippen molar-refractivity contribution in [1.29, 1.82) is 0 Å². The maximum absolute atomic E-state index is 15.9. The van der Waals surface area contributed by atoms with Crippen LogP contribution in [0.5, 0.6) is 0 Å². The fourth-order valence-electron chi connectivity index (χ4n) is 5.34. The largest absolute Gasteiger partial charge is 0.387 e. The molecule has 2 fully saturated rings. The van der Waals surface area contributed by atoms with Gasteiger partial charge in [0.2, 0.25) is 5.95 Å². The van der Waals surface area contributed by atoms with Crippen LogP contribution in [0.25, 0.3) is 22.3 Å². The van der Waals surface area contributed by atoms with E-state index in [-0.39, 0.29) is 40.5 Å². The van der Waals surface area contributed by atoms with Crippen molar-refractivity contribution >= 4 is 49.9 Å². The standard InChI is InChI=1S/C21H27FN10O10P2/c1-21(22)13(33)9(42-19(21)32-7-27-11-14(23)25-5-26-15(11)32)4-40-44(37,38)10-2-8(3-39-43(35)36)41-18(10)31-6-28-12-16(31)29-20(24)30-17(12)34/h5-10,13,18-19,33,43H,2-4H2,1H3,(H,35,36)(H,37,38)(H2,23,25,26)(H3,24,29,30,34)/t8-,9+,10+,13+,18+,19+,21-/m0/s1. The number of rotatable bonds is 9. The highest BCUT2D eigenvalue weighted by Crippen LogP contribution is 2.58. The lowest BCUT2D eigenvalue weighted by atomic mass is 9.98. The third-order valence-electron chi connectivity index (χ3n) is 7.48. The van der Waals surface area contributed by atoms with Gasteiger partial charge < -0.3 is 44.9 Å². The number of nitrogens with two attached hydrogens (primary N) is 2. The number of halogens is 1. The van der Waals surface area contributed by atoms with E-state index in [0.717, 1.165) is 19.6 Å². The first kappa shape index (κ1) is 30.6. The van der Waals surface area contributed by atoms with Gasteiger partial charge in [-0.15, -0.1) is 0 Å². The minimum Gasteiger partial charge on any atom is -0.387 e. The zero-order chi connectivity index (χ0) is 31.6. The van der Waals surface area contributed by atoms with E-state index in [9.17, 15) is 23.9 Å². The van der Waals surface area contributed by atoms with Gasteiger partial charge in [-0.3, -0.25) is 28.0 Å². The maximum atomic E-state index is 15.9. The molecule has 0 radical (unpaired) electrons. The topological polar surface area (TPSA) is 291 Å². The molecule has 4 aromatic rings. The smallest absolute Gasteiger partial charge is 0.335 e. The van der Waals surface area contributed by atoms with Crippen molar-refractivity contribution in [2.24, 2.45) is 0 Å². The Morgan fingerprint density at radius 2 is 1.91 bits per heavy atom. The van der Waals surface area contributed by atoms with E-state index in [4.69, 9.17) is 34.9 Å². The summed E-state index contributed by atoms with van der Waals surface area (Å²) in [6, 6.07) is 0. The molecular weight excluding hydrogens is 633 g/mol. The number of fused-ring (bicyclic) bond motifs is 2. The second kappa shape index (κ2) is 11.2. The average molecular weight is 660 g/mol. The molecule has 2 aliphatic rings. The summed E-state index contributed by atoms with van der Waals surface area (Å²) < 4.78 is 65.0. The highest BCUT2D eigenvalue weighted by atomic mass is 31.2. The Hall–Kier alpha value is -3.39. The third kappa shape index (κ3) is 5.29. The summed E-state index contributed by atoms with van der Waals surface area (Å²) in [4.78, 5) is 54.8. The quantitative estimate of drug-likeness (QED) is 0.122. The summed E-state index contributed by atoms with van der Waals surface area (Å²) in [6.45, 7) is -0.0670. The van der Waals surface area contributed by atoms with Gasteiger partial charge in [-0.05, 0) is 13.3 Å². The van der Waals surface area contributed by atoms with Crippen LogP contribution in [-0.4, -0.2) is 96.8 Å². The zero-order valence-electron chi connectivity index (χ0n) is 22.6. The van der Waals surface area contributed by atoms with Crippen LogP contribution in [0.4, 0.5) is 16.2 Å². The van der Waals surface area contributed by atoms with Gasteiger partial charge in [0.1, 0.15) is 29.7 Å².